The van der Waals surface area contributed by atoms with E-state index in [9.17, 15) is 39.6 Å². The third-order valence-corrected chi connectivity index (χ3v) is 8.20. The van der Waals surface area contributed by atoms with Gasteiger partial charge in [0.25, 0.3) is 11.8 Å². The Balaban J connectivity index is 1.56. The fraction of sp³-hybridized carbons (Fsp3) is 0.310. The molecule has 0 aromatic heterocycles. The molecule has 0 saturated heterocycles. The number of Topliss-reactive ketones (excluding diaryl/α,β-unsaturated/α-hetero) is 2. The van der Waals surface area contributed by atoms with Crippen LogP contribution < -0.4 is 15.8 Å². The molecule has 0 heterocycles. The standard InChI is InChI=1S/C29H29N3O9/c1-32(2)21-16-11-14-10-13-6-9-17(31-28(39)12-4-7-15(41-3)8-5-12)22(33)18(13)23(34)19(14)25(36)29(16,40)26(37)20(24(21)35)27(30)38/h4-9,14,16,21,33,35-36,40H,10-11H2,1-3H3,(H2,30,38)(H,31,39). The number of methoxy groups -OCH3 is 1. The van der Waals surface area contributed by atoms with Gasteiger partial charge < -0.3 is 36.2 Å². The van der Waals surface area contributed by atoms with Gasteiger partial charge in [-0.2, -0.15) is 0 Å². The lowest BCUT2D eigenvalue weighted by Gasteiger charge is -2.50. The van der Waals surface area contributed by atoms with E-state index in [1.165, 1.54) is 30.2 Å². The number of nitrogens with one attached hydrogen (secondary N) is 1. The second-order valence-corrected chi connectivity index (χ2v) is 10.6. The number of allylic oxidation sites excluding steroid dienone is 1. The first kappa shape index (κ1) is 27.9. The van der Waals surface area contributed by atoms with Crippen molar-refractivity contribution in [3.8, 4) is 11.5 Å². The average Bonchev–Trinajstić information content (AvgIpc) is 2.91. The van der Waals surface area contributed by atoms with Crippen LogP contribution in [0.3, 0.4) is 0 Å². The molecule has 2 aromatic rings. The molecule has 214 valence electrons. The summed E-state index contributed by atoms with van der Waals surface area (Å²) in [5, 5.41) is 47.5. The zero-order chi connectivity index (χ0) is 30.0. The van der Waals surface area contributed by atoms with Gasteiger partial charge in [0.15, 0.2) is 17.1 Å². The number of carbonyl (C=O) groups excluding carboxylic acids is 4. The number of hydrogen-bond donors (Lipinski definition) is 6. The van der Waals surface area contributed by atoms with Crippen LogP contribution in [-0.4, -0.2) is 81.6 Å². The Hall–Kier alpha value is -4.68. The molecule has 0 aliphatic heterocycles. The van der Waals surface area contributed by atoms with Crippen molar-refractivity contribution in [3.05, 3.63) is 75.8 Å². The van der Waals surface area contributed by atoms with Gasteiger partial charge in [-0.3, -0.25) is 24.1 Å². The van der Waals surface area contributed by atoms with Gasteiger partial charge in [0.05, 0.1) is 24.4 Å². The average molecular weight is 564 g/mol. The summed E-state index contributed by atoms with van der Waals surface area (Å²) in [5.41, 5.74) is 1.92. The molecule has 12 nitrogen and oxygen atoms in total. The molecule has 2 amide bonds. The van der Waals surface area contributed by atoms with Gasteiger partial charge in [-0.05, 0) is 68.8 Å². The number of likely N-dealkylation sites (N-methyl/N-ethyl adjacent to an activating group) is 1. The highest BCUT2D eigenvalue weighted by molar-refractivity contribution is 6.25. The van der Waals surface area contributed by atoms with Gasteiger partial charge in [-0.1, -0.05) is 6.07 Å². The van der Waals surface area contributed by atoms with Crippen LogP contribution in [-0.2, 0) is 16.0 Å². The molecule has 12 heteroatoms. The van der Waals surface area contributed by atoms with Crippen LogP contribution in [0.25, 0.3) is 0 Å². The van der Waals surface area contributed by atoms with E-state index in [1.54, 1.807) is 32.3 Å². The van der Waals surface area contributed by atoms with Crippen molar-refractivity contribution >= 4 is 29.1 Å². The van der Waals surface area contributed by atoms with Crippen LogP contribution in [0, 0.1) is 11.8 Å². The summed E-state index contributed by atoms with van der Waals surface area (Å²) < 4.78 is 5.09. The summed E-state index contributed by atoms with van der Waals surface area (Å²) in [7, 11) is 4.61. The number of ketones is 2. The largest absolute Gasteiger partial charge is 0.510 e. The van der Waals surface area contributed by atoms with E-state index in [2.05, 4.69) is 5.32 Å². The smallest absolute Gasteiger partial charge is 0.255 e. The Morgan fingerprint density at radius 2 is 1.73 bits per heavy atom. The third kappa shape index (κ3) is 4.06. The number of hydrogen-bond acceptors (Lipinski definition) is 10. The molecule has 3 aliphatic carbocycles. The van der Waals surface area contributed by atoms with Crippen LogP contribution in [0.2, 0.25) is 0 Å². The van der Waals surface area contributed by atoms with Crippen molar-refractivity contribution in [3.63, 3.8) is 0 Å². The second kappa shape index (κ2) is 9.75. The number of nitrogens with two attached hydrogens (primary N) is 1. The van der Waals surface area contributed by atoms with Crippen LogP contribution in [0.1, 0.15) is 32.7 Å². The third-order valence-electron chi connectivity index (χ3n) is 8.20. The van der Waals surface area contributed by atoms with E-state index >= 15 is 0 Å². The van der Waals surface area contributed by atoms with Gasteiger partial charge in [-0.15, -0.1) is 0 Å². The summed E-state index contributed by atoms with van der Waals surface area (Å²) in [4.78, 5) is 53.5. The maximum absolute atomic E-state index is 13.8. The number of aromatic hydroxyl groups is 1. The highest BCUT2D eigenvalue weighted by atomic mass is 16.5. The number of rotatable bonds is 5. The minimum atomic E-state index is -2.72. The quantitative estimate of drug-likeness (QED) is 0.228. The van der Waals surface area contributed by atoms with Crippen molar-refractivity contribution in [2.45, 2.75) is 24.5 Å². The Kier molecular flexibility index (Phi) is 6.63. The number of nitrogens with zero attached hydrogens (tertiary/aromatic N) is 1. The molecule has 0 radical (unpaired) electrons. The molecule has 0 fully saturated rings. The minimum absolute atomic E-state index is 0.0114. The van der Waals surface area contributed by atoms with E-state index < -0.39 is 69.7 Å². The highest BCUT2D eigenvalue weighted by Gasteiger charge is 2.63. The number of amides is 2. The number of phenols is 1. The number of benzene rings is 2. The molecule has 7 N–H and O–H groups in total. The molecule has 4 unspecified atom stereocenters. The lowest BCUT2D eigenvalue weighted by atomic mass is 9.58. The van der Waals surface area contributed by atoms with Crippen LogP contribution in [0.4, 0.5) is 5.69 Å². The van der Waals surface area contributed by atoms with E-state index in [0.717, 1.165) is 0 Å². The Morgan fingerprint density at radius 3 is 2.32 bits per heavy atom. The lowest BCUT2D eigenvalue weighted by molar-refractivity contribution is -0.148. The topological polar surface area (TPSA) is 200 Å². The molecular formula is C29H29N3O9. The highest BCUT2D eigenvalue weighted by Crippen LogP contribution is 2.52. The second-order valence-electron chi connectivity index (χ2n) is 10.6. The lowest BCUT2D eigenvalue weighted by Crippen LogP contribution is -2.63. The molecule has 3 aliphatic rings. The van der Waals surface area contributed by atoms with Gasteiger partial charge in [-0.25, -0.2) is 0 Å². The molecule has 0 saturated carbocycles. The molecule has 0 bridgehead atoms. The van der Waals surface area contributed by atoms with Gasteiger partial charge in [0, 0.05) is 17.1 Å². The first-order valence-electron chi connectivity index (χ1n) is 12.8. The number of primary amides is 1. The van der Waals surface area contributed by atoms with Crippen molar-refractivity contribution in [2.24, 2.45) is 17.6 Å². The zero-order valence-electron chi connectivity index (χ0n) is 22.5. The van der Waals surface area contributed by atoms with Crippen LogP contribution in [0.15, 0.2) is 59.1 Å². The summed E-state index contributed by atoms with van der Waals surface area (Å²) in [6, 6.07) is 8.19. The SMILES string of the molecule is COc1ccc(C(=O)Nc2ccc3c(c2O)C(=O)C2=C(O)C4(O)C(=O)C(C(N)=O)=C(O)C(N(C)C)C4CC2C3)cc1. The van der Waals surface area contributed by atoms with E-state index in [1.807, 2.05) is 0 Å². The first-order chi connectivity index (χ1) is 19.3. The first-order valence-corrected chi connectivity index (χ1v) is 12.8. The Labute approximate surface area is 234 Å². The number of carbonyl (C=O) groups is 4. The van der Waals surface area contributed by atoms with Crippen LogP contribution >= 0.6 is 0 Å². The molecule has 41 heavy (non-hydrogen) atoms. The molecular weight excluding hydrogens is 534 g/mol. The summed E-state index contributed by atoms with van der Waals surface area (Å²) >= 11 is 0. The van der Waals surface area contributed by atoms with Crippen molar-refractivity contribution < 1.29 is 44.3 Å². The molecule has 5 rings (SSSR count). The maximum Gasteiger partial charge on any atom is 0.255 e. The van der Waals surface area contributed by atoms with Crippen molar-refractivity contribution in [2.75, 3.05) is 26.5 Å². The fourth-order valence-electron chi connectivity index (χ4n) is 6.26. The number of ether oxygens (including phenoxy) is 1. The molecule has 4 atom stereocenters. The minimum Gasteiger partial charge on any atom is -0.510 e. The van der Waals surface area contributed by atoms with Gasteiger partial charge in [0.1, 0.15) is 22.8 Å². The number of anilines is 1. The van der Waals surface area contributed by atoms with Gasteiger partial charge >= 0.3 is 0 Å². The van der Waals surface area contributed by atoms with E-state index in [0.29, 0.717) is 11.3 Å². The number of phenolic OH excluding ortho intramolecular Hbond substituents is 1. The molecule has 0 spiro atoms. The summed E-state index contributed by atoms with van der Waals surface area (Å²) in [6.07, 6.45) is 0.136. The zero-order valence-corrected chi connectivity index (χ0v) is 22.5. The molecule has 2 aromatic carbocycles. The van der Waals surface area contributed by atoms with Crippen LogP contribution in [0.5, 0.6) is 11.5 Å². The van der Waals surface area contributed by atoms with E-state index in [4.69, 9.17) is 10.5 Å². The predicted molar refractivity (Wildman–Crippen MR) is 145 cm³/mol. The number of fused-ring (bicyclic) bond motifs is 3. The maximum atomic E-state index is 13.8. The van der Waals surface area contributed by atoms with Crippen molar-refractivity contribution in [1.29, 1.82) is 0 Å². The summed E-state index contributed by atoms with van der Waals surface area (Å²) in [6.45, 7) is 0. The van der Waals surface area contributed by atoms with Crippen molar-refractivity contribution in [1.82, 2.24) is 4.90 Å². The van der Waals surface area contributed by atoms with E-state index in [-0.39, 0.29) is 35.2 Å². The predicted octanol–water partition coefficient (Wildman–Crippen LogP) is 1.38. The van der Waals surface area contributed by atoms with Gasteiger partial charge in [0.2, 0.25) is 5.78 Å². The fourth-order valence-corrected chi connectivity index (χ4v) is 6.26. The Bertz CT molecular complexity index is 1570. The number of aliphatic hydroxyl groups is 3. The Morgan fingerprint density at radius 1 is 1.07 bits per heavy atom. The number of aliphatic hydroxyl groups excluding tert-OH is 2. The monoisotopic (exact) mass is 563 g/mol. The normalized spacial score (nSPS) is 25.4. The summed E-state index contributed by atoms with van der Waals surface area (Å²) in [5.74, 6) is -7.37.